The third kappa shape index (κ3) is 6.19. The molecule has 0 bridgehead atoms. The number of alkyl halides is 1. The standard InChI is InChI=1S/C25H39FN2O2/c1-24(2,3)13-16-27-17-14-25(26,15-18-27)19-28(23(29)20-7-5-6-8-20)21-9-11-22(30-4)12-10-21/h9-12,20H,5-8,13-19H2,1-4H3. The monoisotopic (exact) mass is 418 g/mol. The number of benzene rings is 1. The minimum absolute atomic E-state index is 0.0302. The largest absolute Gasteiger partial charge is 0.497 e. The SMILES string of the molecule is COc1ccc(N(CC2(F)CCN(CCC(C)(C)C)CC2)C(=O)C2CCCC2)cc1. The smallest absolute Gasteiger partial charge is 0.230 e. The van der Waals surface area contributed by atoms with E-state index in [1.165, 1.54) is 0 Å². The highest BCUT2D eigenvalue weighted by atomic mass is 19.1. The quantitative estimate of drug-likeness (QED) is 0.589. The number of halogens is 1. The molecule has 1 aromatic carbocycles. The Morgan fingerprint density at radius 1 is 1.17 bits per heavy atom. The lowest BCUT2D eigenvalue weighted by Gasteiger charge is -2.40. The van der Waals surface area contributed by atoms with Gasteiger partial charge in [0.1, 0.15) is 11.4 Å². The molecule has 0 unspecified atom stereocenters. The Balaban J connectivity index is 1.68. The molecule has 1 aromatic rings. The molecular formula is C25H39FN2O2. The zero-order valence-electron chi connectivity index (χ0n) is 19.3. The van der Waals surface area contributed by atoms with Gasteiger partial charge >= 0.3 is 0 Å². The summed E-state index contributed by atoms with van der Waals surface area (Å²) < 4.78 is 21.2. The van der Waals surface area contributed by atoms with Gasteiger partial charge in [0, 0.05) is 24.7 Å². The van der Waals surface area contributed by atoms with Crippen LogP contribution >= 0.6 is 0 Å². The van der Waals surface area contributed by atoms with E-state index in [2.05, 4.69) is 25.7 Å². The average molecular weight is 419 g/mol. The number of amides is 1. The van der Waals surface area contributed by atoms with Gasteiger partial charge in [-0.1, -0.05) is 33.6 Å². The molecule has 2 aliphatic rings. The number of rotatable bonds is 7. The molecular weight excluding hydrogens is 379 g/mol. The first-order valence-corrected chi connectivity index (χ1v) is 11.6. The van der Waals surface area contributed by atoms with Crippen LogP contribution in [0.4, 0.5) is 10.1 Å². The molecule has 1 saturated heterocycles. The molecule has 1 heterocycles. The third-order valence-corrected chi connectivity index (χ3v) is 6.73. The van der Waals surface area contributed by atoms with Gasteiger partial charge in [-0.25, -0.2) is 4.39 Å². The summed E-state index contributed by atoms with van der Waals surface area (Å²) >= 11 is 0. The Morgan fingerprint density at radius 2 is 1.77 bits per heavy atom. The van der Waals surface area contributed by atoms with Crippen LogP contribution < -0.4 is 9.64 Å². The number of piperidine rings is 1. The molecule has 4 nitrogen and oxygen atoms in total. The highest BCUT2D eigenvalue weighted by Gasteiger charge is 2.39. The van der Waals surface area contributed by atoms with E-state index >= 15 is 4.39 Å². The number of methoxy groups -OCH3 is 1. The fraction of sp³-hybridized carbons (Fsp3) is 0.720. The molecule has 5 heteroatoms. The lowest BCUT2D eigenvalue weighted by atomic mass is 9.89. The summed E-state index contributed by atoms with van der Waals surface area (Å²) in [5.74, 6) is 0.863. The van der Waals surface area contributed by atoms with E-state index in [9.17, 15) is 4.79 Å². The van der Waals surface area contributed by atoms with E-state index in [-0.39, 0.29) is 18.4 Å². The lowest BCUT2D eigenvalue weighted by Crippen LogP contribution is -2.51. The number of hydrogen-bond acceptors (Lipinski definition) is 3. The zero-order chi connectivity index (χ0) is 21.8. The maximum Gasteiger partial charge on any atom is 0.230 e. The number of likely N-dealkylation sites (tertiary alicyclic amines) is 1. The predicted molar refractivity (Wildman–Crippen MR) is 121 cm³/mol. The first kappa shape index (κ1) is 23.1. The van der Waals surface area contributed by atoms with Gasteiger partial charge in [0.05, 0.1) is 13.7 Å². The number of anilines is 1. The summed E-state index contributed by atoms with van der Waals surface area (Å²) in [6.07, 6.45) is 6.12. The maximum absolute atomic E-state index is 15.9. The second-order valence-corrected chi connectivity index (χ2v) is 10.4. The Bertz CT molecular complexity index is 684. The number of carbonyl (C=O) groups excluding carboxylic acids is 1. The summed E-state index contributed by atoms with van der Waals surface area (Å²) in [4.78, 5) is 17.4. The van der Waals surface area contributed by atoms with E-state index in [1.807, 2.05) is 24.3 Å². The molecule has 3 rings (SSSR count). The number of ether oxygens (including phenoxy) is 1. The Morgan fingerprint density at radius 3 is 2.30 bits per heavy atom. The summed E-state index contributed by atoms with van der Waals surface area (Å²) in [5, 5.41) is 0. The Kier molecular flexibility index (Phi) is 7.43. The summed E-state index contributed by atoms with van der Waals surface area (Å²) in [6, 6.07) is 7.47. The van der Waals surface area contributed by atoms with Crippen molar-refractivity contribution in [2.75, 3.05) is 38.2 Å². The molecule has 30 heavy (non-hydrogen) atoms. The van der Waals surface area contributed by atoms with Crippen LogP contribution in [0.3, 0.4) is 0 Å². The highest BCUT2D eigenvalue weighted by molar-refractivity contribution is 5.95. The van der Waals surface area contributed by atoms with Crippen molar-refractivity contribution in [3.8, 4) is 5.75 Å². The molecule has 168 valence electrons. The van der Waals surface area contributed by atoms with Crippen molar-refractivity contribution in [2.45, 2.75) is 71.4 Å². The van der Waals surface area contributed by atoms with Crippen molar-refractivity contribution in [2.24, 2.45) is 11.3 Å². The third-order valence-electron chi connectivity index (χ3n) is 6.73. The van der Waals surface area contributed by atoms with E-state index in [4.69, 9.17) is 4.74 Å². The molecule has 0 atom stereocenters. The molecule has 2 fully saturated rings. The molecule has 0 N–H and O–H groups in total. The van der Waals surface area contributed by atoms with Crippen molar-refractivity contribution in [1.82, 2.24) is 4.90 Å². The second kappa shape index (κ2) is 9.67. The fourth-order valence-electron chi connectivity index (χ4n) is 4.56. The molecule has 1 aliphatic heterocycles. The van der Waals surface area contributed by atoms with Crippen LogP contribution in [-0.2, 0) is 4.79 Å². The normalized spacial score (nSPS) is 20.3. The van der Waals surface area contributed by atoms with Gasteiger partial charge in [-0.05, 0) is 68.3 Å². The minimum atomic E-state index is -1.33. The van der Waals surface area contributed by atoms with Gasteiger partial charge in [-0.2, -0.15) is 0 Å². The summed E-state index contributed by atoms with van der Waals surface area (Å²) in [7, 11) is 1.63. The lowest BCUT2D eigenvalue weighted by molar-refractivity contribution is -0.122. The number of nitrogens with zero attached hydrogens (tertiary/aromatic N) is 2. The van der Waals surface area contributed by atoms with Crippen LogP contribution in [0.2, 0.25) is 0 Å². The van der Waals surface area contributed by atoms with Crippen LogP contribution in [-0.4, -0.2) is 49.8 Å². The van der Waals surface area contributed by atoms with Crippen molar-refractivity contribution in [3.63, 3.8) is 0 Å². The van der Waals surface area contributed by atoms with Crippen molar-refractivity contribution in [3.05, 3.63) is 24.3 Å². The summed E-state index contributed by atoms with van der Waals surface area (Å²) in [5.41, 5.74) is -0.255. The number of hydrogen-bond donors (Lipinski definition) is 0. The van der Waals surface area contributed by atoms with Crippen LogP contribution in [0.25, 0.3) is 0 Å². The first-order valence-electron chi connectivity index (χ1n) is 11.6. The van der Waals surface area contributed by atoms with Gasteiger partial charge in [0.15, 0.2) is 0 Å². The topological polar surface area (TPSA) is 32.8 Å². The van der Waals surface area contributed by atoms with Gasteiger partial charge < -0.3 is 14.5 Å². The first-order chi connectivity index (χ1) is 14.2. The van der Waals surface area contributed by atoms with Crippen LogP contribution in [0.15, 0.2) is 24.3 Å². The van der Waals surface area contributed by atoms with E-state index in [1.54, 1.807) is 12.0 Å². The predicted octanol–water partition coefficient (Wildman–Crippen LogP) is 5.46. The molecule has 0 radical (unpaired) electrons. The molecule has 0 aromatic heterocycles. The average Bonchev–Trinajstić information content (AvgIpc) is 3.26. The zero-order valence-corrected chi connectivity index (χ0v) is 19.3. The molecule has 0 spiro atoms. The minimum Gasteiger partial charge on any atom is -0.497 e. The van der Waals surface area contributed by atoms with E-state index in [0.717, 1.165) is 63.2 Å². The van der Waals surface area contributed by atoms with Crippen molar-refractivity contribution < 1.29 is 13.9 Å². The van der Waals surface area contributed by atoms with Crippen LogP contribution in [0, 0.1) is 11.3 Å². The van der Waals surface area contributed by atoms with Gasteiger partial charge in [-0.3, -0.25) is 4.79 Å². The summed E-state index contributed by atoms with van der Waals surface area (Å²) in [6.45, 7) is 9.44. The van der Waals surface area contributed by atoms with Gasteiger partial charge in [0.25, 0.3) is 0 Å². The Hall–Kier alpha value is -1.62. The van der Waals surface area contributed by atoms with Crippen LogP contribution in [0.1, 0.15) is 65.7 Å². The van der Waals surface area contributed by atoms with Crippen molar-refractivity contribution in [1.29, 1.82) is 0 Å². The van der Waals surface area contributed by atoms with Gasteiger partial charge in [-0.15, -0.1) is 0 Å². The number of carbonyl (C=O) groups is 1. The second-order valence-electron chi connectivity index (χ2n) is 10.4. The van der Waals surface area contributed by atoms with Crippen LogP contribution in [0.5, 0.6) is 5.75 Å². The molecule has 1 aliphatic carbocycles. The van der Waals surface area contributed by atoms with Gasteiger partial charge in [0.2, 0.25) is 5.91 Å². The molecule has 1 saturated carbocycles. The van der Waals surface area contributed by atoms with E-state index in [0.29, 0.717) is 18.3 Å². The maximum atomic E-state index is 15.9. The molecule has 1 amide bonds. The highest BCUT2D eigenvalue weighted by Crippen LogP contribution is 2.34. The Labute approximate surface area is 181 Å². The fourth-order valence-corrected chi connectivity index (χ4v) is 4.56. The van der Waals surface area contributed by atoms with E-state index < -0.39 is 5.67 Å². The van der Waals surface area contributed by atoms with Crippen molar-refractivity contribution >= 4 is 11.6 Å².